The predicted molar refractivity (Wildman–Crippen MR) is 99.5 cm³/mol. The van der Waals surface area contributed by atoms with E-state index in [1.807, 2.05) is 31.2 Å². The molecule has 0 aliphatic heterocycles. The summed E-state index contributed by atoms with van der Waals surface area (Å²) in [7, 11) is 0. The van der Waals surface area contributed by atoms with E-state index in [0.29, 0.717) is 16.1 Å². The molecule has 1 aliphatic rings. The molecule has 1 aliphatic carbocycles. The van der Waals surface area contributed by atoms with E-state index in [9.17, 15) is 9.59 Å². The first-order valence-corrected chi connectivity index (χ1v) is 9.57. The van der Waals surface area contributed by atoms with Crippen molar-refractivity contribution in [3.63, 3.8) is 0 Å². The molecule has 126 valence electrons. The Morgan fingerprint density at radius 2 is 1.83 bits per heavy atom. The molecule has 0 saturated carbocycles. The molecule has 0 unspecified atom stereocenters. The zero-order valence-electron chi connectivity index (χ0n) is 13.7. The van der Waals surface area contributed by atoms with Gasteiger partial charge in [0.25, 0.3) is 0 Å². The Morgan fingerprint density at radius 3 is 2.54 bits per heavy atom. The minimum atomic E-state index is -0.272. The summed E-state index contributed by atoms with van der Waals surface area (Å²) in [5, 5.41) is 3.48. The molecule has 0 saturated heterocycles. The number of alkyl halides is 1. The monoisotopic (exact) mass is 361 g/mol. The van der Waals surface area contributed by atoms with Crippen LogP contribution in [-0.2, 0) is 17.6 Å². The molecule has 0 spiro atoms. The molecular weight excluding hydrogens is 342 g/mol. The average molecular weight is 362 g/mol. The average Bonchev–Trinajstić information content (AvgIpc) is 2.75. The number of thiophene rings is 1. The van der Waals surface area contributed by atoms with Crippen molar-refractivity contribution >= 4 is 39.6 Å². The SMILES string of the molecule is Cc1ccc(C(=O)c2c(NC(=O)CCl)sc3c2CCCCC3)cc1. The molecule has 3 nitrogen and oxygen atoms in total. The summed E-state index contributed by atoms with van der Waals surface area (Å²) in [6.07, 6.45) is 5.28. The Kier molecular flexibility index (Phi) is 5.36. The van der Waals surface area contributed by atoms with Crippen LogP contribution in [0.25, 0.3) is 0 Å². The van der Waals surface area contributed by atoms with Crippen molar-refractivity contribution in [3.05, 3.63) is 51.4 Å². The van der Waals surface area contributed by atoms with Gasteiger partial charge in [-0.05, 0) is 38.2 Å². The van der Waals surface area contributed by atoms with Gasteiger partial charge < -0.3 is 5.32 Å². The first-order valence-electron chi connectivity index (χ1n) is 8.22. The van der Waals surface area contributed by atoms with Gasteiger partial charge in [-0.2, -0.15) is 0 Å². The number of carbonyl (C=O) groups is 2. The standard InChI is InChI=1S/C19H20ClNO2S/c1-12-7-9-13(10-8-12)18(23)17-14-5-3-2-4-6-15(14)24-19(17)21-16(22)11-20/h7-10H,2-6,11H2,1H3,(H,21,22). The maximum Gasteiger partial charge on any atom is 0.239 e. The van der Waals surface area contributed by atoms with E-state index < -0.39 is 0 Å². The van der Waals surface area contributed by atoms with E-state index >= 15 is 0 Å². The van der Waals surface area contributed by atoms with Gasteiger partial charge >= 0.3 is 0 Å². The summed E-state index contributed by atoms with van der Waals surface area (Å²) < 4.78 is 0. The number of amides is 1. The van der Waals surface area contributed by atoms with Crippen molar-refractivity contribution in [1.29, 1.82) is 0 Å². The number of halogens is 1. The van der Waals surface area contributed by atoms with Crippen LogP contribution in [0.15, 0.2) is 24.3 Å². The number of ketones is 1. The lowest BCUT2D eigenvalue weighted by atomic mass is 9.97. The smallest absolute Gasteiger partial charge is 0.239 e. The number of aryl methyl sites for hydroxylation is 2. The van der Waals surface area contributed by atoms with Crippen LogP contribution >= 0.6 is 22.9 Å². The van der Waals surface area contributed by atoms with E-state index in [-0.39, 0.29) is 17.6 Å². The minimum absolute atomic E-state index is 0.0146. The van der Waals surface area contributed by atoms with Crippen molar-refractivity contribution in [2.24, 2.45) is 0 Å². The van der Waals surface area contributed by atoms with E-state index in [0.717, 1.165) is 36.8 Å². The second kappa shape index (κ2) is 7.49. The molecule has 0 bridgehead atoms. The molecule has 3 rings (SSSR count). The molecule has 0 fully saturated rings. The highest BCUT2D eigenvalue weighted by atomic mass is 35.5. The number of hydrogen-bond acceptors (Lipinski definition) is 3. The number of carbonyl (C=O) groups excluding carboxylic acids is 2. The molecule has 1 amide bonds. The van der Waals surface area contributed by atoms with Crippen LogP contribution in [0.5, 0.6) is 0 Å². The fraction of sp³-hybridized carbons (Fsp3) is 0.368. The maximum atomic E-state index is 13.1. The van der Waals surface area contributed by atoms with Gasteiger partial charge in [-0.25, -0.2) is 0 Å². The normalized spacial score (nSPS) is 13.9. The Labute approximate surface area is 151 Å². The number of fused-ring (bicyclic) bond motifs is 1. The third kappa shape index (κ3) is 3.55. The summed E-state index contributed by atoms with van der Waals surface area (Å²) in [4.78, 5) is 26.1. The van der Waals surface area contributed by atoms with Gasteiger partial charge in [0.1, 0.15) is 10.9 Å². The fourth-order valence-corrected chi connectivity index (χ4v) is 4.45. The van der Waals surface area contributed by atoms with Crippen molar-refractivity contribution in [2.75, 3.05) is 11.2 Å². The van der Waals surface area contributed by atoms with Crippen LogP contribution in [-0.4, -0.2) is 17.6 Å². The number of benzene rings is 1. The van der Waals surface area contributed by atoms with Crippen LogP contribution in [0.4, 0.5) is 5.00 Å². The van der Waals surface area contributed by atoms with Gasteiger partial charge in [-0.15, -0.1) is 22.9 Å². The minimum Gasteiger partial charge on any atom is -0.316 e. The molecule has 5 heteroatoms. The van der Waals surface area contributed by atoms with Crippen LogP contribution < -0.4 is 5.32 Å². The molecule has 24 heavy (non-hydrogen) atoms. The Hall–Kier alpha value is -1.65. The molecule has 2 aromatic rings. The number of nitrogens with one attached hydrogen (secondary N) is 1. The highest BCUT2D eigenvalue weighted by Crippen LogP contribution is 2.38. The Morgan fingerprint density at radius 1 is 1.12 bits per heavy atom. The zero-order chi connectivity index (χ0) is 17.1. The van der Waals surface area contributed by atoms with Crippen LogP contribution in [0.2, 0.25) is 0 Å². The van der Waals surface area contributed by atoms with Crippen LogP contribution in [0, 0.1) is 6.92 Å². The third-order valence-corrected chi connectivity index (χ3v) is 5.79. The maximum absolute atomic E-state index is 13.1. The van der Waals surface area contributed by atoms with Crippen molar-refractivity contribution < 1.29 is 9.59 Å². The Balaban J connectivity index is 2.05. The first kappa shape index (κ1) is 17.2. The molecule has 1 heterocycles. The summed E-state index contributed by atoms with van der Waals surface area (Å²) in [5.41, 5.74) is 3.56. The summed E-state index contributed by atoms with van der Waals surface area (Å²) in [5.74, 6) is -0.397. The van der Waals surface area contributed by atoms with Crippen molar-refractivity contribution in [2.45, 2.75) is 39.0 Å². The first-order chi connectivity index (χ1) is 11.6. The van der Waals surface area contributed by atoms with Gasteiger partial charge in [0.15, 0.2) is 5.78 Å². The highest BCUT2D eigenvalue weighted by Gasteiger charge is 2.26. The molecular formula is C19H20ClNO2S. The summed E-state index contributed by atoms with van der Waals surface area (Å²) >= 11 is 7.16. The predicted octanol–water partition coefficient (Wildman–Crippen LogP) is 4.73. The van der Waals surface area contributed by atoms with Gasteiger partial charge in [-0.3, -0.25) is 9.59 Å². The molecule has 1 aromatic heterocycles. The quantitative estimate of drug-likeness (QED) is 0.486. The van der Waals surface area contributed by atoms with E-state index in [1.54, 1.807) is 0 Å². The van der Waals surface area contributed by atoms with Crippen LogP contribution in [0.1, 0.15) is 51.2 Å². The van der Waals surface area contributed by atoms with Crippen LogP contribution in [0.3, 0.4) is 0 Å². The Bertz CT molecular complexity index is 764. The van der Waals surface area contributed by atoms with E-state index in [4.69, 9.17) is 11.6 Å². The number of rotatable bonds is 4. The second-order valence-electron chi connectivity index (χ2n) is 6.15. The number of anilines is 1. The second-order valence-corrected chi connectivity index (χ2v) is 7.52. The lowest BCUT2D eigenvalue weighted by Crippen LogP contribution is -2.15. The topological polar surface area (TPSA) is 46.2 Å². The summed E-state index contributed by atoms with van der Waals surface area (Å²) in [6, 6.07) is 7.59. The van der Waals surface area contributed by atoms with E-state index in [2.05, 4.69) is 5.32 Å². The van der Waals surface area contributed by atoms with Gasteiger partial charge in [0, 0.05) is 10.4 Å². The zero-order valence-corrected chi connectivity index (χ0v) is 15.2. The molecule has 1 aromatic carbocycles. The largest absolute Gasteiger partial charge is 0.316 e. The summed E-state index contributed by atoms with van der Waals surface area (Å²) in [6.45, 7) is 2.00. The van der Waals surface area contributed by atoms with Crippen molar-refractivity contribution in [3.8, 4) is 0 Å². The lowest BCUT2D eigenvalue weighted by Gasteiger charge is -2.08. The van der Waals surface area contributed by atoms with Gasteiger partial charge in [0.2, 0.25) is 5.91 Å². The molecule has 0 atom stereocenters. The fourth-order valence-electron chi connectivity index (χ4n) is 3.08. The van der Waals surface area contributed by atoms with Crippen molar-refractivity contribution in [1.82, 2.24) is 0 Å². The highest BCUT2D eigenvalue weighted by molar-refractivity contribution is 7.17. The number of hydrogen-bond donors (Lipinski definition) is 1. The third-order valence-electron chi connectivity index (χ3n) is 4.34. The van der Waals surface area contributed by atoms with Gasteiger partial charge in [-0.1, -0.05) is 36.2 Å². The molecule has 0 radical (unpaired) electrons. The van der Waals surface area contributed by atoms with Gasteiger partial charge in [0.05, 0.1) is 5.56 Å². The lowest BCUT2D eigenvalue weighted by molar-refractivity contribution is -0.113. The van der Waals surface area contributed by atoms with E-state index in [1.165, 1.54) is 22.6 Å². The molecule has 1 N–H and O–H groups in total.